The Labute approximate surface area is 180 Å². The number of nitrogens with one attached hydrogen (secondary N) is 2. The van der Waals surface area contributed by atoms with Crippen LogP contribution in [0.3, 0.4) is 0 Å². The third kappa shape index (κ3) is 3.67. The van der Waals surface area contributed by atoms with Crippen molar-refractivity contribution in [2.45, 2.75) is 0 Å². The van der Waals surface area contributed by atoms with E-state index in [0.29, 0.717) is 27.1 Å². The second kappa shape index (κ2) is 7.68. The number of nitrogens with zero attached hydrogens (tertiary/aromatic N) is 3. The first-order valence-corrected chi connectivity index (χ1v) is 10.1. The van der Waals surface area contributed by atoms with E-state index in [9.17, 15) is 4.39 Å². The predicted molar refractivity (Wildman–Crippen MR) is 120 cm³/mol. The van der Waals surface area contributed by atoms with Crippen molar-refractivity contribution >= 4 is 38.5 Å². The minimum absolute atomic E-state index is 0.322. The van der Waals surface area contributed by atoms with E-state index >= 15 is 0 Å². The zero-order valence-corrected chi connectivity index (χ0v) is 17.2. The van der Waals surface area contributed by atoms with Gasteiger partial charge in [0.15, 0.2) is 5.82 Å². The topological polar surface area (TPSA) is 66.5 Å². The number of rotatable bonds is 4. The molecular formula is C23H15BrFN5. The van der Waals surface area contributed by atoms with Crippen LogP contribution in [-0.4, -0.2) is 20.2 Å². The first kappa shape index (κ1) is 18.4. The molecule has 3 aromatic carbocycles. The van der Waals surface area contributed by atoms with E-state index in [1.807, 2.05) is 66.7 Å². The van der Waals surface area contributed by atoms with E-state index in [-0.39, 0.29) is 5.82 Å². The minimum atomic E-state index is -0.322. The van der Waals surface area contributed by atoms with E-state index in [0.717, 1.165) is 22.5 Å². The fraction of sp³-hybridized carbons (Fsp3) is 0. The molecular weight excluding hydrogens is 445 g/mol. The van der Waals surface area contributed by atoms with Gasteiger partial charge in [0.2, 0.25) is 0 Å². The molecule has 0 unspecified atom stereocenters. The van der Waals surface area contributed by atoms with Crippen LogP contribution in [-0.2, 0) is 0 Å². The largest absolute Gasteiger partial charge is 0.339 e. The van der Waals surface area contributed by atoms with Gasteiger partial charge in [-0.25, -0.2) is 9.37 Å². The molecule has 0 amide bonds. The summed E-state index contributed by atoms with van der Waals surface area (Å²) < 4.78 is 14.3. The number of hydrogen-bond acceptors (Lipinski definition) is 4. The zero-order chi connectivity index (χ0) is 20.5. The Hall–Kier alpha value is -3.58. The molecule has 0 aliphatic rings. The van der Waals surface area contributed by atoms with Crippen LogP contribution in [0, 0.1) is 5.82 Å². The van der Waals surface area contributed by atoms with Gasteiger partial charge in [-0.2, -0.15) is 0 Å². The Balaban J connectivity index is 1.41. The Morgan fingerprint density at radius 1 is 0.833 bits per heavy atom. The summed E-state index contributed by atoms with van der Waals surface area (Å²) in [5.74, 6) is 0.976. The molecule has 146 valence electrons. The Bertz CT molecular complexity index is 1330. The normalized spacial score (nSPS) is 11.0. The number of halogens is 2. The lowest BCUT2D eigenvalue weighted by Crippen LogP contribution is -1.96. The van der Waals surface area contributed by atoms with Crippen LogP contribution in [0.5, 0.6) is 0 Å². The maximum absolute atomic E-state index is 13.7. The van der Waals surface area contributed by atoms with Crippen molar-refractivity contribution in [3.8, 4) is 22.6 Å². The number of hydrogen-bond donors (Lipinski definition) is 2. The summed E-state index contributed by atoms with van der Waals surface area (Å²) >= 11 is 3.36. The SMILES string of the molecule is Fc1cc(Br)c2nc(-c3cccc(Nc4ccc(-c5ccccc5)nn4)c3)[nH]c2c1. The summed E-state index contributed by atoms with van der Waals surface area (Å²) in [6.45, 7) is 0. The van der Waals surface area contributed by atoms with Gasteiger partial charge in [0, 0.05) is 21.3 Å². The van der Waals surface area contributed by atoms with Crippen molar-refractivity contribution in [2.75, 3.05) is 5.32 Å². The van der Waals surface area contributed by atoms with Gasteiger partial charge < -0.3 is 10.3 Å². The van der Waals surface area contributed by atoms with Gasteiger partial charge in [-0.05, 0) is 52.3 Å². The molecule has 2 heterocycles. The number of anilines is 2. The summed E-state index contributed by atoms with van der Waals surface area (Å²) in [5, 5.41) is 11.8. The molecule has 0 saturated carbocycles. The fourth-order valence-corrected chi connectivity index (χ4v) is 3.75. The lowest BCUT2D eigenvalue weighted by molar-refractivity contribution is 0.628. The Kier molecular flexibility index (Phi) is 4.72. The van der Waals surface area contributed by atoms with Crippen LogP contribution in [0.2, 0.25) is 0 Å². The molecule has 0 aliphatic heterocycles. The van der Waals surface area contributed by atoms with Crippen molar-refractivity contribution in [1.29, 1.82) is 0 Å². The second-order valence-electron chi connectivity index (χ2n) is 6.74. The first-order valence-electron chi connectivity index (χ1n) is 9.27. The van der Waals surface area contributed by atoms with Crippen molar-refractivity contribution in [2.24, 2.45) is 0 Å². The molecule has 0 fully saturated rings. The summed E-state index contributed by atoms with van der Waals surface area (Å²) in [7, 11) is 0. The van der Waals surface area contributed by atoms with E-state index in [4.69, 9.17) is 0 Å². The predicted octanol–water partition coefficient (Wildman–Crippen LogP) is 6.33. The lowest BCUT2D eigenvalue weighted by atomic mass is 10.1. The summed E-state index contributed by atoms with van der Waals surface area (Å²) in [4.78, 5) is 7.77. The van der Waals surface area contributed by atoms with Gasteiger partial charge in [0.25, 0.3) is 0 Å². The summed E-state index contributed by atoms with van der Waals surface area (Å²) in [5.41, 5.74) is 4.88. The van der Waals surface area contributed by atoms with E-state index in [1.54, 1.807) is 0 Å². The van der Waals surface area contributed by atoms with Crippen LogP contribution in [0.1, 0.15) is 0 Å². The molecule has 7 heteroatoms. The highest BCUT2D eigenvalue weighted by Gasteiger charge is 2.10. The van der Waals surface area contributed by atoms with Gasteiger partial charge >= 0.3 is 0 Å². The number of aromatic nitrogens is 4. The molecule has 0 bridgehead atoms. The molecule has 5 nitrogen and oxygen atoms in total. The summed E-state index contributed by atoms with van der Waals surface area (Å²) in [6, 6.07) is 24.3. The smallest absolute Gasteiger partial charge is 0.153 e. The highest BCUT2D eigenvalue weighted by Crippen LogP contribution is 2.29. The third-order valence-corrected chi connectivity index (χ3v) is 5.25. The van der Waals surface area contributed by atoms with Crippen LogP contribution in [0.25, 0.3) is 33.7 Å². The summed E-state index contributed by atoms with van der Waals surface area (Å²) in [6.07, 6.45) is 0. The standard InChI is InChI=1S/C23H15BrFN5/c24-18-12-16(25)13-20-22(18)28-23(27-20)15-7-4-8-17(11-15)26-21-10-9-19(29-30-21)14-5-2-1-3-6-14/h1-13H,(H,26,30)(H,27,28). The van der Waals surface area contributed by atoms with E-state index in [1.165, 1.54) is 12.1 Å². The average molecular weight is 460 g/mol. The molecule has 0 spiro atoms. The molecule has 0 aliphatic carbocycles. The van der Waals surface area contributed by atoms with Gasteiger partial charge in [-0.1, -0.05) is 42.5 Å². The van der Waals surface area contributed by atoms with E-state index in [2.05, 4.69) is 41.4 Å². The molecule has 2 N–H and O–H groups in total. The highest BCUT2D eigenvalue weighted by atomic mass is 79.9. The number of H-pyrrole nitrogens is 1. The quantitative estimate of drug-likeness (QED) is 0.329. The number of aromatic amines is 1. The Morgan fingerprint density at radius 3 is 2.47 bits per heavy atom. The Morgan fingerprint density at radius 2 is 1.67 bits per heavy atom. The van der Waals surface area contributed by atoms with Crippen molar-refractivity contribution in [3.05, 3.63) is 89.2 Å². The highest BCUT2D eigenvalue weighted by molar-refractivity contribution is 9.10. The molecule has 5 rings (SSSR count). The van der Waals surface area contributed by atoms with Crippen LogP contribution in [0.4, 0.5) is 15.9 Å². The molecule has 0 saturated heterocycles. The fourth-order valence-electron chi connectivity index (χ4n) is 3.23. The van der Waals surface area contributed by atoms with Gasteiger partial charge in [0.1, 0.15) is 17.2 Å². The van der Waals surface area contributed by atoms with Crippen molar-refractivity contribution in [1.82, 2.24) is 20.2 Å². The van der Waals surface area contributed by atoms with Gasteiger partial charge in [0.05, 0.1) is 11.2 Å². The lowest BCUT2D eigenvalue weighted by Gasteiger charge is -2.07. The monoisotopic (exact) mass is 459 g/mol. The van der Waals surface area contributed by atoms with Crippen molar-refractivity contribution in [3.63, 3.8) is 0 Å². The number of imidazole rings is 1. The zero-order valence-electron chi connectivity index (χ0n) is 15.6. The minimum Gasteiger partial charge on any atom is -0.339 e. The van der Waals surface area contributed by atoms with E-state index < -0.39 is 0 Å². The molecule has 5 aromatic rings. The van der Waals surface area contributed by atoms with Gasteiger partial charge in [-0.3, -0.25) is 0 Å². The van der Waals surface area contributed by atoms with Crippen molar-refractivity contribution < 1.29 is 4.39 Å². The first-order chi connectivity index (χ1) is 14.7. The maximum Gasteiger partial charge on any atom is 0.153 e. The van der Waals surface area contributed by atoms with Crippen LogP contribution >= 0.6 is 15.9 Å². The number of benzene rings is 3. The maximum atomic E-state index is 13.7. The molecule has 2 aromatic heterocycles. The molecule has 0 atom stereocenters. The second-order valence-corrected chi connectivity index (χ2v) is 7.60. The average Bonchev–Trinajstić information content (AvgIpc) is 3.20. The van der Waals surface area contributed by atoms with Crippen LogP contribution in [0.15, 0.2) is 83.3 Å². The number of fused-ring (bicyclic) bond motifs is 1. The molecule has 0 radical (unpaired) electrons. The third-order valence-electron chi connectivity index (χ3n) is 4.65. The van der Waals surface area contributed by atoms with Gasteiger partial charge in [-0.15, -0.1) is 10.2 Å². The molecule has 30 heavy (non-hydrogen) atoms. The van der Waals surface area contributed by atoms with Crippen LogP contribution < -0.4 is 5.32 Å².